The summed E-state index contributed by atoms with van der Waals surface area (Å²) in [5.74, 6) is -3.21. The quantitative estimate of drug-likeness (QED) is 0.0199. The van der Waals surface area contributed by atoms with Crippen molar-refractivity contribution in [2.75, 3.05) is 73.9 Å². The molecule has 0 aromatic heterocycles. The molecule has 0 aliphatic heterocycles. The van der Waals surface area contributed by atoms with Crippen LogP contribution in [-0.2, 0) is 70.8 Å². The van der Waals surface area contributed by atoms with Gasteiger partial charge in [-0.1, -0.05) is 104 Å². The van der Waals surface area contributed by atoms with Crippen LogP contribution in [0.5, 0.6) is 0 Å². The van der Waals surface area contributed by atoms with Crippen LogP contribution in [0, 0.1) is 0 Å². The molecule has 2 atom stereocenters. The molecule has 0 spiro atoms. The van der Waals surface area contributed by atoms with E-state index in [0.717, 1.165) is 38.5 Å². The van der Waals surface area contributed by atoms with Crippen molar-refractivity contribution in [3.63, 3.8) is 0 Å². The first-order chi connectivity index (χ1) is 30.6. The number of ether oxygens (including phenoxy) is 6. The van der Waals surface area contributed by atoms with Crippen LogP contribution < -0.4 is 0 Å². The first-order valence-electron chi connectivity index (χ1n) is 24.0. The highest BCUT2D eigenvalue weighted by molar-refractivity contribution is 7.47. The average molecular weight is 939 g/mol. The van der Waals surface area contributed by atoms with Gasteiger partial charge in [-0.2, -0.15) is 0 Å². The molecule has 64 heavy (non-hydrogen) atoms. The molecule has 0 saturated carbocycles. The third kappa shape index (κ3) is 42.8. The van der Waals surface area contributed by atoms with Crippen LogP contribution in [0.4, 0.5) is 0 Å². The van der Waals surface area contributed by atoms with E-state index in [1.165, 1.54) is 64.2 Å². The second kappa shape index (κ2) is 40.2. The van der Waals surface area contributed by atoms with Gasteiger partial charge in [-0.05, 0) is 38.5 Å². The van der Waals surface area contributed by atoms with E-state index in [1.54, 1.807) is 0 Å². The Balaban J connectivity index is 4.51. The lowest BCUT2D eigenvalue weighted by Gasteiger charge is -2.24. The Hall–Kier alpha value is -3.11. The Morgan fingerprint density at radius 3 is 1.17 bits per heavy atom. The second-order valence-corrected chi connectivity index (χ2v) is 18.6. The lowest BCUT2D eigenvalue weighted by molar-refractivity contribution is -0.870. The van der Waals surface area contributed by atoms with E-state index >= 15 is 0 Å². The molecule has 0 rings (SSSR count). The lowest BCUT2D eigenvalue weighted by atomic mass is 10.1. The van der Waals surface area contributed by atoms with Gasteiger partial charge < -0.3 is 37.8 Å². The van der Waals surface area contributed by atoms with Gasteiger partial charge in [0.2, 0.25) is 0 Å². The van der Waals surface area contributed by atoms with E-state index in [1.807, 2.05) is 21.1 Å². The summed E-state index contributed by atoms with van der Waals surface area (Å²) in [5, 5.41) is 0. The van der Waals surface area contributed by atoms with Gasteiger partial charge in [-0.15, -0.1) is 0 Å². The standard InChI is InChI=1S/C46H84NO16P/c1-6-8-10-12-14-16-18-20-33-56-41(48)26-22-28-43(50)58-35-24-30-45(52)60-38-40(39-62-64(54,55)61-37-32-47(3,4)5)63-46(53)31-25-36-59-44(51)29-23-27-42(49)57-34-21-19-17-15-13-11-9-7-2/h40H,6-39H2,1-5H3/p+1/t40-/m1/s1. The molecule has 0 heterocycles. The predicted molar refractivity (Wildman–Crippen MR) is 241 cm³/mol. The number of phosphoric ester groups is 1. The van der Waals surface area contributed by atoms with Gasteiger partial charge in [0, 0.05) is 38.5 Å². The Morgan fingerprint density at radius 1 is 0.422 bits per heavy atom. The summed E-state index contributed by atoms with van der Waals surface area (Å²) >= 11 is 0. The molecule has 0 radical (unpaired) electrons. The molecule has 0 bridgehead atoms. The Kier molecular flexibility index (Phi) is 38.2. The van der Waals surface area contributed by atoms with E-state index < -0.39 is 51.0 Å². The van der Waals surface area contributed by atoms with Gasteiger partial charge in [0.1, 0.15) is 19.8 Å². The van der Waals surface area contributed by atoms with Crippen molar-refractivity contribution in [2.45, 2.75) is 187 Å². The number of quaternary nitrogens is 1. The molecule has 0 saturated heterocycles. The van der Waals surface area contributed by atoms with Crippen molar-refractivity contribution in [1.82, 2.24) is 0 Å². The highest BCUT2D eigenvalue weighted by atomic mass is 31.2. The highest BCUT2D eigenvalue weighted by Gasteiger charge is 2.27. The molecule has 0 aromatic rings. The molecule has 1 N–H and O–H groups in total. The Morgan fingerprint density at radius 2 is 0.766 bits per heavy atom. The maximum atomic E-state index is 12.6. The van der Waals surface area contributed by atoms with Crippen molar-refractivity contribution in [1.29, 1.82) is 0 Å². The largest absolute Gasteiger partial charge is 0.472 e. The maximum absolute atomic E-state index is 12.6. The molecule has 0 aliphatic rings. The summed E-state index contributed by atoms with van der Waals surface area (Å²) < 4.78 is 54.4. The summed E-state index contributed by atoms with van der Waals surface area (Å²) in [7, 11) is 1.07. The number of hydrogen-bond acceptors (Lipinski definition) is 15. The van der Waals surface area contributed by atoms with Crippen LogP contribution >= 0.6 is 7.82 Å². The zero-order valence-corrected chi connectivity index (χ0v) is 41.0. The van der Waals surface area contributed by atoms with Gasteiger partial charge in [-0.3, -0.25) is 37.8 Å². The van der Waals surface area contributed by atoms with Crippen LogP contribution in [0.3, 0.4) is 0 Å². The number of likely N-dealkylation sites (N-methyl/N-ethyl adjacent to an activating group) is 1. The zero-order chi connectivity index (χ0) is 47.7. The van der Waals surface area contributed by atoms with Crippen LogP contribution in [0.25, 0.3) is 0 Å². The minimum absolute atomic E-state index is 0.0140. The van der Waals surface area contributed by atoms with E-state index in [0.29, 0.717) is 24.2 Å². The first-order valence-corrected chi connectivity index (χ1v) is 25.5. The van der Waals surface area contributed by atoms with E-state index in [4.69, 9.17) is 37.5 Å². The zero-order valence-electron chi connectivity index (χ0n) is 40.1. The predicted octanol–water partition coefficient (Wildman–Crippen LogP) is 8.64. The molecule has 0 amide bonds. The molecule has 18 heteroatoms. The number of esters is 6. The van der Waals surface area contributed by atoms with E-state index in [2.05, 4.69) is 13.8 Å². The molecule has 0 aromatic carbocycles. The van der Waals surface area contributed by atoms with Crippen LogP contribution in [0.1, 0.15) is 181 Å². The fraction of sp³-hybridized carbons (Fsp3) is 0.870. The summed E-state index contributed by atoms with van der Waals surface area (Å²) in [6.07, 6.45) is 17.8. The Bertz CT molecular complexity index is 1310. The van der Waals surface area contributed by atoms with Crippen LogP contribution in [-0.4, -0.2) is 125 Å². The van der Waals surface area contributed by atoms with Crippen molar-refractivity contribution >= 4 is 43.6 Å². The van der Waals surface area contributed by atoms with E-state index in [-0.39, 0.29) is 96.0 Å². The van der Waals surface area contributed by atoms with E-state index in [9.17, 15) is 38.2 Å². The average Bonchev–Trinajstić information content (AvgIpc) is 3.23. The van der Waals surface area contributed by atoms with Gasteiger partial charge in [0.25, 0.3) is 0 Å². The number of phosphoric acid groups is 1. The minimum Gasteiger partial charge on any atom is -0.466 e. The number of carbonyl (C=O) groups is 6. The number of unbranched alkanes of at least 4 members (excludes halogenated alkanes) is 14. The normalized spacial score (nSPS) is 12.8. The van der Waals surface area contributed by atoms with Gasteiger partial charge in [-0.25, -0.2) is 4.57 Å². The second-order valence-electron chi connectivity index (χ2n) is 17.2. The SMILES string of the molecule is CCCCCCCCCCOC(=O)CCCC(=O)OCCCC(=O)OC[C@H](COP(=O)(O)OCC[N+](C)(C)C)OC(=O)CCCOC(=O)CCCC(=O)OCCCCCCCCCC. The fourth-order valence-corrected chi connectivity index (χ4v) is 6.70. The van der Waals surface area contributed by atoms with Gasteiger partial charge in [0.05, 0.1) is 54.2 Å². The molecular weight excluding hydrogens is 853 g/mol. The highest BCUT2D eigenvalue weighted by Crippen LogP contribution is 2.43. The van der Waals surface area contributed by atoms with Crippen molar-refractivity contribution in [3.8, 4) is 0 Å². The summed E-state index contributed by atoms with van der Waals surface area (Å²) in [5.41, 5.74) is 0. The van der Waals surface area contributed by atoms with Crippen molar-refractivity contribution in [3.05, 3.63) is 0 Å². The monoisotopic (exact) mass is 939 g/mol. The third-order valence-electron chi connectivity index (χ3n) is 9.79. The number of hydrogen-bond donors (Lipinski definition) is 1. The molecule has 17 nitrogen and oxygen atoms in total. The van der Waals surface area contributed by atoms with Crippen molar-refractivity contribution in [2.24, 2.45) is 0 Å². The molecule has 0 aliphatic carbocycles. The van der Waals surface area contributed by atoms with Crippen LogP contribution in [0.15, 0.2) is 0 Å². The number of rotatable bonds is 44. The smallest absolute Gasteiger partial charge is 0.466 e. The molecule has 374 valence electrons. The fourth-order valence-electron chi connectivity index (χ4n) is 5.96. The topological polar surface area (TPSA) is 214 Å². The van der Waals surface area contributed by atoms with Crippen molar-refractivity contribution < 1.29 is 80.2 Å². The molecule has 0 fully saturated rings. The molecular formula is C46H85NO16P+. The molecule has 1 unspecified atom stereocenters. The first kappa shape index (κ1) is 60.9. The van der Waals surface area contributed by atoms with Crippen LogP contribution in [0.2, 0.25) is 0 Å². The number of nitrogens with zero attached hydrogens (tertiary/aromatic N) is 1. The minimum atomic E-state index is -4.55. The maximum Gasteiger partial charge on any atom is 0.472 e. The third-order valence-corrected chi connectivity index (χ3v) is 10.8. The summed E-state index contributed by atoms with van der Waals surface area (Å²) in [4.78, 5) is 83.4. The Labute approximate surface area is 383 Å². The summed E-state index contributed by atoms with van der Waals surface area (Å²) in [6, 6.07) is 0. The number of carbonyl (C=O) groups excluding carboxylic acids is 6. The summed E-state index contributed by atoms with van der Waals surface area (Å²) in [6.45, 7) is 4.16. The van der Waals surface area contributed by atoms with Gasteiger partial charge in [0.15, 0.2) is 6.10 Å². The van der Waals surface area contributed by atoms with Gasteiger partial charge >= 0.3 is 43.6 Å². The lowest BCUT2D eigenvalue weighted by Crippen LogP contribution is -2.37.